The van der Waals surface area contributed by atoms with Crippen LogP contribution >= 0.6 is 11.8 Å². The van der Waals surface area contributed by atoms with Gasteiger partial charge in [0.1, 0.15) is 17.0 Å². The van der Waals surface area contributed by atoms with E-state index < -0.39 is 33.9 Å². The van der Waals surface area contributed by atoms with E-state index in [0.717, 1.165) is 33.9 Å². The predicted molar refractivity (Wildman–Crippen MR) is 135 cm³/mol. The van der Waals surface area contributed by atoms with Crippen molar-refractivity contribution < 1.29 is 23.6 Å². The number of rotatable bonds is 3. The highest BCUT2D eigenvalue weighted by Crippen LogP contribution is 2.51. The lowest BCUT2D eigenvalue weighted by atomic mass is 9.83. The van der Waals surface area contributed by atoms with Gasteiger partial charge in [0, 0.05) is 23.3 Å². The van der Waals surface area contributed by atoms with Crippen LogP contribution in [0.25, 0.3) is 0 Å². The number of allylic oxidation sites excluding steroid dienone is 1. The number of non-ortho nitro benzene ring substituents is 1. The lowest BCUT2D eigenvalue weighted by Crippen LogP contribution is -2.45. The molecule has 188 valence electrons. The van der Waals surface area contributed by atoms with E-state index in [-0.39, 0.29) is 22.0 Å². The van der Waals surface area contributed by atoms with E-state index in [1.165, 1.54) is 17.8 Å². The molecule has 0 saturated heterocycles. The van der Waals surface area contributed by atoms with E-state index in [1.54, 1.807) is 58.0 Å². The first-order chi connectivity index (χ1) is 16.9. The van der Waals surface area contributed by atoms with Gasteiger partial charge in [0.15, 0.2) is 5.17 Å². The van der Waals surface area contributed by atoms with Crippen LogP contribution < -0.4 is 0 Å². The topological polar surface area (TPSA) is 102 Å². The zero-order valence-corrected chi connectivity index (χ0v) is 21.2. The van der Waals surface area contributed by atoms with Crippen molar-refractivity contribution in [2.75, 3.05) is 0 Å². The van der Waals surface area contributed by atoms with Gasteiger partial charge in [-0.2, -0.15) is 4.90 Å². The Morgan fingerprint density at radius 2 is 1.86 bits per heavy atom. The first-order valence-electron chi connectivity index (χ1n) is 11.5. The van der Waals surface area contributed by atoms with Gasteiger partial charge in [-0.15, -0.1) is 0 Å². The van der Waals surface area contributed by atoms with Crippen molar-refractivity contribution in [2.24, 2.45) is 4.99 Å². The summed E-state index contributed by atoms with van der Waals surface area (Å²) in [7, 11) is 0. The molecule has 8 nitrogen and oxygen atoms in total. The van der Waals surface area contributed by atoms with E-state index in [4.69, 9.17) is 9.73 Å². The Morgan fingerprint density at radius 1 is 1.17 bits per heavy atom. The average molecular weight is 512 g/mol. The summed E-state index contributed by atoms with van der Waals surface area (Å²) < 4.78 is 20.7. The molecule has 2 aliphatic rings. The molecule has 0 bridgehead atoms. The summed E-state index contributed by atoms with van der Waals surface area (Å²) in [6.07, 6.45) is 1.15. The molecule has 2 aromatic carbocycles. The zero-order valence-electron chi connectivity index (χ0n) is 20.4. The van der Waals surface area contributed by atoms with Crippen LogP contribution in [0.3, 0.4) is 0 Å². The molecule has 4 rings (SSSR count). The monoisotopic (exact) mass is 511 g/mol. The number of halogens is 1. The van der Waals surface area contributed by atoms with Crippen LogP contribution in [0, 0.1) is 15.9 Å². The molecule has 2 amide bonds. The van der Waals surface area contributed by atoms with Crippen molar-refractivity contribution in [1.82, 2.24) is 4.90 Å². The van der Waals surface area contributed by atoms with Gasteiger partial charge in [0.25, 0.3) is 11.6 Å². The molecule has 0 saturated carbocycles. The lowest BCUT2D eigenvalue weighted by molar-refractivity contribution is -0.385. The van der Waals surface area contributed by atoms with E-state index in [1.807, 2.05) is 0 Å². The number of ether oxygens (including phenoxy) is 1. The number of benzene rings is 2. The van der Waals surface area contributed by atoms with E-state index in [2.05, 4.69) is 0 Å². The Morgan fingerprint density at radius 3 is 2.50 bits per heavy atom. The fourth-order valence-electron chi connectivity index (χ4n) is 4.32. The Bertz CT molecular complexity index is 1300. The second-order valence-corrected chi connectivity index (χ2v) is 10.8. The van der Waals surface area contributed by atoms with E-state index in [9.17, 15) is 19.7 Å². The van der Waals surface area contributed by atoms with Crippen LogP contribution in [0.1, 0.15) is 62.9 Å². The number of imide groups is 1. The van der Waals surface area contributed by atoms with Gasteiger partial charge < -0.3 is 4.74 Å². The number of carbonyl (C=O) groups excluding carboxylic acids is 2. The van der Waals surface area contributed by atoms with Crippen molar-refractivity contribution in [3.63, 3.8) is 0 Å². The zero-order chi connectivity index (χ0) is 26.3. The van der Waals surface area contributed by atoms with E-state index in [0.29, 0.717) is 12.8 Å². The number of aliphatic imine (C=N–C) groups is 1. The minimum absolute atomic E-state index is 0.0141. The maximum absolute atomic E-state index is 15.2. The summed E-state index contributed by atoms with van der Waals surface area (Å²) in [5.74, 6) is -1.30. The highest BCUT2D eigenvalue weighted by atomic mass is 32.2. The fourth-order valence-corrected chi connectivity index (χ4v) is 5.69. The van der Waals surface area contributed by atoms with Gasteiger partial charge in [0.2, 0.25) is 0 Å². The summed E-state index contributed by atoms with van der Waals surface area (Å²) in [6.45, 7) is 6.72. The van der Waals surface area contributed by atoms with Crippen molar-refractivity contribution in [2.45, 2.75) is 58.1 Å². The average Bonchev–Trinajstić information content (AvgIpc) is 3.28. The molecule has 0 radical (unpaired) electrons. The highest BCUT2D eigenvalue weighted by Gasteiger charge is 2.45. The Balaban J connectivity index is 1.88. The summed E-state index contributed by atoms with van der Waals surface area (Å²) >= 11 is 1.18. The number of thioether (sulfide) groups is 1. The maximum Gasteiger partial charge on any atom is 0.423 e. The second kappa shape index (κ2) is 9.50. The van der Waals surface area contributed by atoms with Gasteiger partial charge in [0.05, 0.1) is 4.92 Å². The summed E-state index contributed by atoms with van der Waals surface area (Å²) in [5, 5.41) is 11.5. The minimum Gasteiger partial charge on any atom is -0.443 e. The number of nitro groups is 1. The van der Waals surface area contributed by atoms with Gasteiger partial charge in [-0.25, -0.2) is 14.2 Å². The van der Waals surface area contributed by atoms with Crippen molar-refractivity contribution in [1.29, 1.82) is 0 Å². The Hall–Kier alpha value is -3.53. The molecule has 1 heterocycles. The lowest BCUT2D eigenvalue weighted by Gasteiger charge is -2.36. The Labute approximate surface area is 212 Å². The summed E-state index contributed by atoms with van der Waals surface area (Å²) in [6, 6.07) is 11.6. The van der Waals surface area contributed by atoms with Crippen molar-refractivity contribution in [3.05, 3.63) is 86.1 Å². The van der Waals surface area contributed by atoms with Crippen LogP contribution in [0.2, 0.25) is 0 Å². The highest BCUT2D eigenvalue weighted by molar-refractivity contribution is 8.17. The van der Waals surface area contributed by atoms with Gasteiger partial charge >= 0.3 is 6.09 Å². The molecule has 36 heavy (non-hydrogen) atoms. The molecule has 0 aromatic heterocycles. The number of amidine groups is 1. The maximum atomic E-state index is 15.2. The molecule has 0 spiro atoms. The van der Waals surface area contributed by atoms with Crippen LogP contribution in [0.15, 0.2) is 64.0 Å². The van der Waals surface area contributed by atoms with Gasteiger partial charge in [-0.3, -0.25) is 14.9 Å². The quantitative estimate of drug-likeness (QED) is 0.341. The molecular formula is C26H26FN3O5S. The van der Waals surface area contributed by atoms with Crippen LogP contribution in [-0.2, 0) is 10.3 Å². The SMILES string of the molecule is CC(C)(C)OC(=O)N(C(=O)c1ccccc1)C1=NC(C)(c2cc([N+](=O)[O-])ccc2F)C2=C(CCC2)S1. The summed E-state index contributed by atoms with van der Waals surface area (Å²) in [4.78, 5) is 44.2. The number of nitrogens with zero attached hydrogens (tertiary/aromatic N) is 3. The van der Waals surface area contributed by atoms with Gasteiger partial charge in [-0.1, -0.05) is 30.0 Å². The second-order valence-electron chi connectivity index (χ2n) is 9.73. The molecule has 2 aromatic rings. The van der Waals surface area contributed by atoms with Crippen LogP contribution in [-0.4, -0.2) is 32.6 Å². The minimum atomic E-state index is -1.35. The van der Waals surface area contributed by atoms with Crippen LogP contribution in [0.5, 0.6) is 0 Å². The molecule has 1 atom stereocenters. The number of nitro benzene ring substituents is 1. The third-order valence-corrected chi connectivity index (χ3v) is 7.12. The molecule has 0 fully saturated rings. The molecule has 1 aliphatic carbocycles. The number of hydrogen-bond acceptors (Lipinski definition) is 7. The van der Waals surface area contributed by atoms with Crippen LogP contribution in [0.4, 0.5) is 14.9 Å². The smallest absolute Gasteiger partial charge is 0.423 e. The number of hydrogen-bond donors (Lipinski definition) is 0. The molecule has 0 N–H and O–H groups in total. The largest absolute Gasteiger partial charge is 0.443 e. The standard InChI is InChI=1S/C26H26FN3O5S/c1-25(2,3)35-24(32)29(22(31)16-9-6-5-7-10-16)23-28-26(4,18-11-8-12-21(18)36-23)19-15-17(30(33)34)13-14-20(19)27/h5-7,9-10,13-15H,8,11-12H2,1-4H3. The molecule has 1 unspecified atom stereocenters. The third-order valence-electron chi connectivity index (χ3n) is 5.96. The first-order valence-corrected chi connectivity index (χ1v) is 12.3. The molecular weight excluding hydrogens is 485 g/mol. The van der Waals surface area contributed by atoms with E-state index >= 15 is 4.39 Å². The molecule has 1 aliphatic heterocycles. The number of amides is 2. The first kappa shape index (κ1) is 25.6. The number of carbonyl (C=O) groups is 2. The molecule has 10 heteroatoms. The van der Waals surface area contributed by atoms with Crippen molar-refractivity contribution >= 4 is 34.6 Å². The third kappa shape index (κ3) is 4.90. The Kier molecular flexibility index (Phi) is 6.74. The normalized spacial score (nSPS) is 19.4. The van der Waals surface area contributed by atoms with Gasteiger partial charge in [-0.05, 0) is 75.6 Å². The fraction of sp³-hybridized carbons (Fsp3) is 0.346. The van der Waals surface area contributed by atoms with Crippen molar-refractivity contribution in [3.8, 4) is 0 Å². The predicted octanol–water partition coefficient (Wildman–Crippen LogP) is 6.57. The summed E-state index contributed by atoms with van der Waals surface area (Å²) in [5.41, 5.74) is -1.42.